The number of rotatable bonds is 9. The lowest BCUT2D eigenvalue weighted by atomic mass is 10.1. The quantitative estimate of drug-likeness (QED) is 0.162. The van der Waals surface area contributed by atoms with Gasteiger partial charge in [0.25, 0.3) is 0 Å². The van der Waals surface area contributed by atoms with Crippen LogP contribution in [0.25, 0.3) is 10.9 Å². The zero-order valence-electron chi connectivity index (χ0n) is 19.2. The highest BCUT2D eigenvalue weighted by Gasteiger charge is 2.41. The van der Waals surface area contributed by atoms with E-state index in [1.54, 1.807) is 13.3 Å². The molecule has 1 aliphatic carbocycles. The summed E-state index contributed by atoms with van der Waals surface area (Å²) in [6, 6.07) is 8.72. The number of nitrogens with one attached hydrogen (secondary N) is 3. The number of aliphatic hydroxyl groups is 1. The molecule has 2 heterocycles. The van der Waals surface area contributed by atoms with Gasteiger partial charge in [-0.2, -0.15) is 0 Å². The predicted octanol–water partition coefficient (Wildman–Crippen LogP) is 4.11. The normalized spacial score (nSPS) is 14.7. The van der Waals surface area contributed by atoms with Gasteiger partial charge in [-0.25, -0.2) is 14.8 Å². The van der Waals surface area contributed by atoms with E-state index in [9.17, 15) is 9.90 Å². The van der Waals surface area contributed by atoms with Crippen molar-refractivity contribution in [3.8, 4) is 0 Å². The van der Waals surface area contributed by atoms with Gasteiger partial charge in [0.1, 0.15) is 23.7 Å². The Morgan fingerprint density at radius 3 is 2.85 bits per heavy atom. The molecule has 1 fully saturated rings. The maximum Gasteiger partial charge on any atom is 0.331 e. The number of amidine groups is 1. The highest BCUT2D eigenvalue weighted by atomic mass is 16.5. The number of anilines is 2. The average Bonchev–Trinajstić information content (AvgIpc) is 3.43. The van der Waals surface area contributed by atoms with Crippen LogP contribution in [-0.2, 0) is 16.1 Å². The van der Waals surface area contributed by atoms with Gasteiger partial charge in [-0.15, -0.1) is 0 Å². The number of carbonyl (C=O) groups excluding carboxylic acids is 1. The zero-order valence-corrected chi connectivity index (χ0v) is 19.2. The molecule has 0 aliphatic heterocycles. The molecule has 4 N–H and O–H groups in total. The molecule has 2 aromatic heterocycles. The van der Waals surface area contributed by atoms with Crippen LogP contribution < -0.4 is 10.6 Å². The van der Waals surface area contributed by atoms with Crippen molar-refractivity contribution >= 4 is 34.3 Å². The van der Waals surface area contributed by atoms with E-state index in [2.05, 4.69) is 20.6 Å². The molecule has 178 valence electrons. The Hall–Kier alpha value is -3.76. The summed E-state index contributed by atoms with van der Waals surface area (Å²) < 4.78 is 11.9. The van der Waals surface area contributed by atoms with E-state index in [1.807, 2.05) is 37.3 Å². The largest absolute Gasteiger partial charge is 0.512 e. The van der Waals surface area contributed by atoms with Crippen molar-refractivity contribution in [2.75, 3.05) is 25.6 Å². The maximum absolute atomic E-state index is 12.7. The van der Waals surface area contributed by atoms with E-state index in [4.69, 9.17) is 14.9 Å². The van der Waals surface area contributed by atoms with E-state index >= 15 is 0 Å². The van der Waals surface area contributed by atoms with Crippen molar-refractivity contribution in [3.63, 3.8) is 0 Å². The number of benzene rings is 1. The molecule has 1 aromatic carbocycles. The number of allylic oxidation sites excluding steroid dienone is 1. The van der Waals surface area contributed by atoms with Crippen molar-refractivity contribution < 1.29 is 19.4 Å². The van der Waals surface area contributed by atoms with Gasteiger partial charge < -0.3 is 19.9 Å². The fourth-order valence-electron chi connectivity index (χ4n) is 3.38. The van der Waals surface area contributed by atoms with Gasteiger partial charge in [-0.05, 0) is 37.1 Å². The van der Waals surface area contributed by atoms with Gasteiger partial charge in [0.15, 0.2) is 0 Å². The first-order chi connectivity index (χ1) is 16.4. The van der Waals surface area contributed by atoms with E-state index in [0.29, 0.717) is 31.2 Å². The molecule has 34 heavy (non-hydrogen) atoms. The molecule has 0 spiro atoms. The van der Waals surface area contributed by atoms with Gasteiger partial charge in [-0.1, -0.05) is 6.92 Å². The number of hydrogen-bond donors (Lipinski definition) is 4. The second kappa shape index (κ2) is 10.0. The number of methoxy groups -OCH3 is 1. The number of nitrogens with zero attached hydrogens (tertiary/aromatic N) is 3. The van der Waals surface area contributed by atoms with Crippen LogP contribution in [0.5, 0.6) is 0 Å². The second-order valence-corrected chi connectivity index (χ2v) is 8.46. The Morgan fingerprint density at radius 1 is 1.26 bits per heavy atom. The van der Waals surface area contributed by atoms with Crippen LogP contribution in [0.2, 0.25) is 0 Å². The average molecular weight is 465 g/mol. The molecule has 1 saturated carbocycles. The minimum atomic E-state index is -0.473. The number of aromatic nitrogens is 3. The standard InChI is InChI=1S/C24H28N6O4/c1-24(6-7-24)20(31)13-21(25)29-23(32)30-8-5-16-11-17(3-4-19(16)30)28-22-12-18(26-15-27-22)14-34-10-9-33-2/h3-5,8,11-13,15,31H,6-7,9-10,14H2,1-2H3,(H2,25,29,32)(H,26,27,28)/b20-13-. The third-order valence-corrected chi connectivity index (χ3v) is 5.73. The molecule has 1 aliphatic rings. The Bertz CT molecular complexity index is 1230. The summed E-state index contributed by atoms with van der Waals surface area (Å²) >= 11 is 0. The Morgan fingerprint density at radius 2 is 2.09 bits per heavy atom. The number of fused-ring (bicyclic) bond motifs is 1. The van der Waals surface area contributed by atoms with Crippen molar-refractivity contribution in [2.24, 2.45) is 5.41 Å². The summed E-state index contributed by atoms with van der Waals surface area (Å²) in [6.45, 7) is 3.30. The van der Waals surface area contributed by atoms with Crippen LogP contribution in [0, 0.1) is 10.8 Å². The topological polar surface area (TPSA) is 134 Å². The zero-order chi connectivity index (χ0) is 24.1. The molecule has 10 nitrogen and oxygen atoms in total. The fraction of sp³-hybridized carbons (Fsp3) is 0.333. The third-order valence-electron chi connectivity index (χ3n) is 5.73. The minimum Gasteiger partial charge on any atom is -0.512 e. The molecule has 4 rings (SSSR count). The van der Waals surface area contributed by atoms with Crippen LogP contribution in [-0.4, -0.2) is 51.8 Å². The summed E-state index contributed by atoms with van der Waals surface area (Å²) in [5, 5.41) is 24.7. The third kappa shape index (κ3) is 5.59. The lowest BCUT2D eigenvalue weighted by molar-refractivity contribution is 0.0602. The SMILES string of the molecule is COCCOCc1cc(Nc2ccc3c(ccn3C(=O)NC(=N)/C=C(\O)C3(C)CC3)c2)ncn1. The molecule has 0 radical (unpaired) electrons. The van der Waals surface area contributed by atoms with Crippen LogP contribution in [0.15, 0.2) is 54.7 Å². The van der Waals surface area contributed by atoms with Crippen molar-refractivity contribution in [1.29, 1.82) is 5.41 Å². The van der Waals surface area contributed by atoms with Crippen molar-refractivity contribution in [3.05, 3.63) is 60.4 Å². The first-order valence-corrected chi connectivity index (χ1v) is 10.9. The molecule has 0 atom stereocenters. The summed E-state index contributed by atoms with van der Waals surface area (Å²) in [6.07, 6.45) is 6.18. The highest BCUT2D eigenvalue weighted by Crippen LogP contribution is 2.50. The van der Waals surface area contributed by atoms with Gasteiger partial charge in [0, 0.05) is 41.9 Å². The van der Waals surface area contributed by atoms with Crippen molar-refractivity contribution in [1.82, 2.24) is 19.9 Å². The van der Waals surface area contributed by atoms with E-state index < -0.39 is 6.03 Å². The molecule has 0 saturated heterocycles. The molecular weight excluding hydrogens is 436 g/mol. The Labute approximate surface area is 197 Å². The van der Waals surface area contributed by atoms with Crippen LogP contribution in [0.3, 0.4) is 0 Å². The van der Waals surface area contributed by atoms with Gasteiger partial charge in [-0.3, -0.25) is 15.3 Å². The van der Waals surface area contributed by atoms with E-state index in [-0.39, 0.29) is 17.0 Å². The first-order valence-electron chi connectivity index (χ1n) is 10.9. The molecule has 0 bridgehead atoms. The summed E-state index contributed by atoms with van der Waals surface area (Å²) in [5.41, 5.74) is 1.97. The maximum atomic E-state index is 12.7. The van der Waals surface area contributed by atoms with Crippen LogP contribution in [0.4, 0.5) is 16.3 Å². The molecule has 10 heteroatoms. The molecule has 3 aromatic rings. The number of ether oxygens (including phenoxy) is 2. The van der Waals surface area contributed by atoms with E-state index in [0.717, 1.165) is 29.6 Å². The second-order valence-electron chi connectivity index (χ2n) is 8.46. The van der Waals surface area contributed by atoms with Gasteiger partial charge in [0.05, 0.1) is 31.0 Å². The number of carbonyl (C=O) groups is 1. The van der Waals surface area contributed by atoms with Gasteiger partial charge >= 0.3 is 6.03 Å². The predicted molar refractivity (Wildman–Crippen MR) is 128 cm³/mol. The number of amides is 1. The number of aliphatic hydroxyl groups excluding tert-OH is 1. The van der Waals surface area contributed by atoms with Gasteiger partial charge in [0.2, 0.25) is 0 Å². The smallest absolute Gasteiger partial charge is 0.331 e. The van der Waals surface area contributed by atoms with Crippen LogP contribution >= 0.6 is 0 Å². The minimum absolute atomic E-state index is 0.125. The summed E-state index contributed by atoms with van der Waals surface area (Å²) in [4.78, 5) is 21.1. The molecule has 0 unspecified atom stereocenters. The summed E-state index contributed by atoms with van der Waals surface area (Å²) in [7, 11) is 1.62. The Balaban J connectivity index is 1.41. The number of hydrogen-bond acceptors (Lipinski definition) is 8. The van der Waals surface area contributed by atoms with Crippen molar-refractivity contribution in [2.45, 2.75) is 26.4 Å². The molecule has 1 amide bonds. The first kappa shape index (κ1) is 23.4. The highest BCUT2D eigenvalue weighted by molar-refractivity contribution is 6.05. The van der Waals surface area contributed by atoms with E-state index in [1.165, 1.54) is 17.0 Å². The fourth-order valence-corrected chi connectivity index (χ4v) is 3.38. The lowest BCUT2D eigenvalue weighted by Gasteiger charge is -2.10. The van der Waals surface area contributed by atoms with Crippen LogP contribution in [0.1, 0.15) is 25.5 Å². The monoisotopic (exact) mass is 464 g/mol. The molecular formula is C24H28N6O4. The Kier molecular flexibility index (Phi) is 6.90. The lowest BCUT2D eigenvalue weighted by Crippen LogP contribution is -2.32. The summed E-state index contributed by atoms with van der Waals surface area (Å²) in [5.74, 6) is 0.600.